The van der Waals surface area contributed by atoms with Gasteiger partial charge >= 0.3 is 5.97 Å². The van der Waals surface area contributed by atoms with Gasteiger partial charge in [0.1, 0.15) is 11.6 Å². The number of nitrogens with zero attached hydrogens (tertiary/aromatic N) is 3. The molecule has 0 saturated carbocycles. The lowest BCUT2D eigenvalue weighted by molar-refractivity contribution is 0.0601. The highest BCUT2D eigenvalue weighted by atomic mass is 32.2. The Morgan fingerprint density at radius 2 is 2.14 bits per heavy atom. The molecule has 0 amide bonds. The number of carbonyl (C=O) groups excluding carboxylic acids is 1. The number of aromatic nitrogens is 4. The van der Waals surface area contributed by atoms with Crippen molar-refractivity contribution in [1.82, 2.24) is 20.2 Å². The number of carbonyl (C=O) groups is 1. The second-order valence-electron chi connectivity index (χ2n) is 5.79. The molecule has 0 radical (unpaired) electrons. The number of benzene rings is 1. The van der Waals surface area contributed by atoms with Crippen LogP contribution in [0.3, 0.4) is 0 Å². The van der Waals surface area contributed by atoms with Crippen molar-refractivity contribution < 1.29 is 18.4 Å². The van der Waals surface area contributed by atoms with Gasteiger partial charge in [0.15, 0.2) is 0 Å². The SMILES string of the molecule is COC(=O)c1ccc2c(=O)[nH]c(CSc3nnc(-c4ccoc4C)o3)nc2c1. The summed E-state index contributed by atoms with van der Waals surface area (Å²) in [4.78, 5) is 31.1. The molecule has 142 valence electrons. The van der Waals surface area contributed by atoms with Crippen molar-refractivity contribution in [2.45, 2.75) is 17.9 Å². The largest absolute Gasteiger partial charge is 0.469 e. The highest BCUT2D eigenvalue weighted by molar-refractivity contribution is 7.98. The molecule has 0 aliphatic rings. The third-order valence-corrected chi connectivity index (χ3v) is 4.83. The number of aryl methyl sites for hydroxylation is 1. The van der Waals surface area contributed by atoms with Crippen LogP contribution in [0.4, 0.5) is 0 Å². The van der Waals surface area contributed by atoms with Crippen LogP contribution in [0.5, 0.6) is 0 Å². The van der Waals surface area contributed by atoms with E-state index in [0.29, 0.717) is 44.9 Å². The number of furan rings is 1. The summed E-state index contributed by atoms with van der Waals surface area (Å²) >= 11 is 1.23. The molecule has 10 heteroatoms. The maximum atomic E-state index is 12.3. The van der Waals surface area contributed by atoms with Gasteiger partial charge in [0, 0.05) is 0 Å². The molecule has 0 aliphatic heterocycles. The van der Waals surface area contributed by atoms with E-state index in [1.54, 1.807) is 25.3 Å². The summed E-state index contributed by atoms with van der Waals surface area (Å²) < 4.78 is 15.5. The number of thioether (sulfide) groups is 1. The molecule has 0 bridgehead atoms. The Hall–Kier alpha value is -3.40. The Bertz CT molecular complexity index is 1230. The van der Waals surface area contributed by atoms with Gasteiger partial charge in [0.25, 0.3) is 16.7 Å². The fourth-order valence-corrected chi connectivity index (χ4v) is 3.25. The van der Waals surface area contributed by atoms with Gasteiger partial charge in [0.05, 0.1) is 41.2 Å². The van der Waals surface area contributed by atoms with Gasteiger partial charge in [-0.05, 0) is 31.2 Å². The number of fused-ring (bicyclic) bond motifs is 1. The summed E-state index contributed by atoms with van der Waals surface area (Å²) in [6, 6.07) is 6.34. The van der Waals surface area contributed by atoms with Crippen molar-refractivity contribution in [2.24, 2.45) is 0 Å². The number of methoxy groups -OCH3 is 1. The summed E-state index contributed by atoms with van der Waals surface area (Å²) in [6.07, 6.45) is 1.55. The van der Waals surface area contributed by atoms with Crippen LogP contribution in [0, 0.1) is 6.92 Å². The Balaban J connectivity index is 1.56. The summed E-state index contributed by atoms with van der Waals surface area (Å²) in [5, 5.41) is 8.70. The maximum absolute atomic E-state index is 12.3. The van der Waals surface area contributed by atoms with Gasteiger partial charge in [-0.1, -0.05) is 11.8 Å². The smallest absolute Gasteiger partial charge is 0.337 e. The predicted molar refractivity (Wildman–Crippen MR) is 100 cm³/mol. The van der Waals surface area contributed by atoms with Crippen LogP contribution in [0.15, 0.2) is 49.4 Å². The van der Waals surface area contributed by atoms with E-state index in [9.17, 15) is 9.59 Å². The first-order valence-corrected chi connectivity index (χ1v) is 9.16. The lowest BCUT2D eigenvalue weighted by Crippen LogP contribution is -2.12. The minimum absolute atomic E-state index is 0.294. The van der Waals surface area contributed by atoms with Crippen molar-refractivity contribution in [3.05, 3.63) is 58.0 Å². The van der Waals surface area contributed by atoms with Gasteiger partial charge in [-0.15, -0.1) is 10.2 Å². The van der Waals surface area contributed by atoms with Crippen LogP contribution in [0.1, 0.15) is 21.9 Å². The van der Waals surface area contributed by atoms with Crippen LogP contribution in [-0.2, 0) is 10.5 Å². The Labute approximate surface area is 162 Å². The number of hydrogen-bond acceptors (Lipinski definition) is 9. The first-order chi connectivity index (χ1) is 13.5. The molecule has 0 atom stereocenters. The minimum atomic E-state index is -0.493. The molecule has 4 rings (SSSR count). The quantitative estimate of drug-likeness (QED) is 0.399. The molecule has 0 spiro atoms. The van der Waals surface area contributed by atoms with Crippen LogP contribution < -0.4 is 5.56 Å². The van der Waals surface area contributed by atoms with Crippen molar-refractivity contribution >= 4 is 28.6 Å². The molecule has 1 aromatic carbocycles. The van der Waals surface area contributed by atoms with E-state index < -0.39 is 5.97 Å². The number of esters is 1. The van der Waals surface area contributed by atoms with Crippen LogP contribution >= 0.6 is 11.8 Å². The highest BCUT2D eigenvalue weighted by Crippen LogP contribution is 2.27. The number of hydrogen-bond donors (Lipinski definition) is 1. The van der Waals surface area contributed by atoms with Crippen LogP contribution in [0.25, 0.3) is 22.4 Å². The second kappa shape index (κ2) is 7.31. The summed E-state index contributed by atoms with van der Waals surface area (Å²) in [7, 11) is 1.30. The molecule has 0 saturated heterocycles. The zero-order valence-electron chi connectivity index (χ0n) is 14.9. The standard InChI is InChI=1S/C18H14N4O5S/c1-9-11(5-6-26-9)16-21-22-18(27-16)28-8-14-19-13-7-10(17(24)25-2)3-4-12(13)15(23)20-14/h3-7H,8H2,1-2H3,(H,19,20,23). The molecule has 0 unspecified atom stereocenters. The number of nitrogens with one attached hydrogen (secondary N) is 1. The number of aromatic amines is 1. The number of H-pyrrole nitrogens is 1. The molecule has 28 heavy (non-hydrogen) atoms. The fourth-order valence-electron chi connectivity index (χ4n) is 2.61. The lowest BCUT2D eigenvalue weighted by atomic mass is 10.1. The number of rotatable bonds is 5. The van der Waals surface area contributed by atoms with Gasteiger partial charge in [-0.2, -0.15) is 0 Å². The topological polar surface area (TPSA) is 124 Å². The van der Waals surface area contributed by atoms with E-state index in [4.69, 9.17) is 13.6 Å². The Kier molecular flexibility index (Phi) is 4.70. The average Bonchev–Trinajstić information content (AvgIpc) is 3.33. The predicted octanol–water partition coefficient (Wildman–Crippen LogP) is 2.95. The van der Waals surface area contributed by atoms with Crippen molar-refractivity contribution in [3.8, 4) is 11.5 Å². The first-order valence-electron chi connectivity index (χ1n) is 8.17. The molecular weight excluding hydrogens is 384 g/mol. The maximum Gasteiger partial charge on any atom is 0.337 e. The lowest BCUT2D eigenvalue weighted by Gasteiger charge is -2.03. The van der Waals surface area contributed by atoms with E-state index in [0.717, 1.165) is 5.56 Å². The molecule has 4 aromatic rings. The zero-order chi connectivity index (χ0) is 19.7. The summed E-state index contributed by atoms with van der Waals surface area (Å²) in [6.45, 7) is 1.80. The van der Waals surface area contributed by atoms with Gasteiger partial charge < -0.3 is 18.6 Å². The van der Waals surface area contributed by atoms with Gasteiger partial charge in [0.2, 0.25) is 0 Å². The van der Waals surface area contributed by atoms with Crippen LogP contribution in [0.2, 0.25) is 0 Å². The molecule has 1 N–H and O–H groups in total. The Morgan fingerprint density at radius 1 is 1.29 bits per heavy atom. The van der Waals surface area contributed by atoms with Crippen LogP contribution in [-0.4, -0.2) is 33.2 Å². The fraction of sp³-hybridized carbons (Fsp3) is 0.167. The molecule has 0 aliphatic carbocycles. The zero-order valence-corrected chi connectivity index (χ0v) is 15.7. The van der Waals surface area contributed by atoms with Gasteiger partial charge in [-0.3, -0.25) is 4.79 Å². The Morgan fingerprint density at radius 3 is 2.89 bits per heavy atom. The molecule has 3 aromatic heterocycles. The molecule has 9 nitrogen and oxygen atoms in total. The van der Waals surface area contributed by atoms with Crippen molar-refractivity contribution in [1.29, 1.82) is 0 Å². The minimum Gasteiger partial charge on any atom is -0.469 e. The van der Waals surface area contributed by atoms with Crippen molar-refractivity contribution in [2.75, 3.05) is 7.11 Å². The van der Waals surface area contributed by atoms with E-state index >= 15 is 0 Å². The summed E-state index contributed by atoms with van der Waals surface area (Å²) in [5.41, 5.74) is 1.16. The number of ether oxygens (including phenoxy) is 1. The monoisotopic (exact) mass is 398 g/mol. The third-order valence-electron chi connectivity index (χ3n) is 4.00. The van der Waals surface area contributed by atoms with E-state index in [1.807, 2.05) is 0 Å². The first kappa shape index (κ1) is 18.0. The normalized spacial score (nSPS) is 11.1. The van der Waals surface area contributed by atoms with E-state index in [-0.39, 0.29) is 5.56 Å². The third kappa shape index (κ3) is 3.41. The molecular formula is C18H14N4O5S. The summed E-state index contributed by atoms with van der Waals surface area (Å²) in [5.74, 6) is 1.27. The highest BCUT2D eigenvalue weighted by Gasteiger charge is 2.14. The molecule has 3 heterocycles. The van der Waals surface area contributed by atoms with E-state index in [2.05, 4.69) is 20.2 Å². The van der Waals surface area contributed by atoms with E-state index in [1.165, 1.54) is 31.0 Å². The second-order valence-corrected chi connectivity index (χ2v) is 6.71. The van der Waals surface area contributed by atoms with Gasteiger partial charge in [-0.25, -0.2) is 9.78 Å². The van der Waals surface area contributed by atoms with Crippen molar-refractivity contribution in [3.63, 3.8) is 0 Å². The average molecular weight is 398 g/mol. The molecule has 0 fully saturated rings.